The Balaban J connectivity index is 1.30. The Morgan fingerprint density at radius 2 is 1.76 bits per heavy atom. The summed E-state index contributed by atoms with van der Waals surface area (Å²) in [6.07, 6.45) is 1.16. The SMILES string of the molecule is O=C(NCc1cccc(F)c1)C1[C@H]2C[C@H]1CN(Cc1ccccc1)C2. The van der Waals surface area contributed by atoms with Crippen LogP contribution in [0.3, 0.4) is 0 Å². The molecule has 5 rings (SSSR count). The van der Waals surface area contributed by atoms with Gasteiger partial charge >= 0.3 is 0 Å². The molecule has 0 aromatic heterocycles. The average Bonchev–Trinajstić information content (AvgIpc) is 2.61. The predicted octanol–water partition coefficient (Wildman–Crippen LogP) is 3.21. The first-order valence-corrected chi connectivity index (χ1v) is 8.97. The van der Waals surface area contributed by atoms with Gasteiger partial charge in [0.2, 0.25) is 5.91 Å². The molecule has 1 saturated carbocycles. The second-order valence-electron chi connectivity index (χ2n) is 7.31. The standard InChI is InChI=1S/C21H23FN2O/c22-19-8-4-7-16(9-19)11-23-21(25)20-17-10-18(20)14-24(13-17)12-15-5-2-1-3-6-15/h1-9,17-18,20H,10-14H2,(H,23,25)/t17-,18-/m0/s1. The molecule has 3 nitrogen and oxygen atoms in total. The number of benzene rings is 2. The molecule has 2 aliphatic heterocycles. The second kappa shape index (κ2) is 6.96. The fourth-order valence-corrected chi connectivity index (χ4v) is 4.34. The summed E-state index contributed by atoms with van der Waals surface area (Å²) in [5.74, 6) is 0.902. The zero-order valence-corrected chi connectivity index (χ0v) is 14.2. The number of rotatable bonds is 5. The van der Waals surface area contributed by atoms with Crippen LogP contribution < -0.4 is 5.32 Å². The first kappa shape index (κ1) is 16.3. The van der Waals surface area contributed by atoms with E-state index in [0.717, 1.165) is 31.6 Å². The number of amides is 1. The molecule has 2 heterocycles. The highest BCUT2D eigenvalue weighted by molar-refractivity contribution is 5.80. The number of halogens is 1. The smallest absolute Gasteiger partial charge is 0.224 e. The highest BCUT2D eigenvalue weighted by atomic mass is 19.1. The van der Waals surface area contributed by atoms with Gasteiger partial charge in [-0.05, 0) is 41.5 Å². The molecule has 25 heavy (non-hydrogen) atoms. The van der Waals surface area contributed by atoms with Crippen molar-refractivity contribution in [3.63, 3.8) is 0 Å². The van der Waals surface area contributed by atoms with Gasteiger partial charge in [-0.3, -0.25) is 9.69 Å². The molecule has 2 bridgehead atoms. The maximum atomic E-state index is 13.2. The molecule has 2 saturated heterocycles. The normalized spacial score (nSPS) is 25.2. The van der Waals surface area contributed by atoms with E-state index in [2.05, 4.69) is 34.5 Å². The van der Waals surface area contributed by atoms with E-state index in [0.29, 0.717) is 18.4 Å². The molecular formula is C21H23FN2O. The molecule has 1 aliphatic carbocycles. The molecule has 2 aromatic carbocycles. The zero-order chi connectivity index (χ0) is 17.2. The summed E-state index contributed by atoms with van der Waals surface area (Å²) >= 11 is 0. The van der Waals surface area contributed by atoms with Gasteiger partial charge in [0.05, 0.1) is 0 Å². The topological polar surface area (TPSA) is 32.3 Å². The Kier molecular flexibility index (Phi) is 4.53. The van der Waals surface area contributed by atoms with Gasteiger partial charge in [0, 0.05) is 32.1 Å². The summed E-state index contributed by atoms with van der Waals surface area (Å²) in [7, 11) is 0. The van der Waals surface area contributed by atoms with Crippen molar-refractivity contribution in [2.24, 2.45) is 17.8 Å². The number of nitrogens with one attached hydrogen (secondary N) is 1. The quantitative estimate of drug-likeness (QED) is 0.908. The van der Waals surface area contributed by atoms with E-state index in [-0.39, 0.29) is 17.6 Å². The van der Waals surface area contributed by atoms with Gasteiger partial charge in [-0.2, -0.15) is 0 Å². The molecule has 4 heteroatoms. The summed E-state index contributed by atoms with van der Waals surface area (Å²) in [5, 5.41) is 3.00. The Bertz CT molecular complexity index is 737. The molecule has 2 atom stereocenters. The molecule has 0 spiro atoms. The summed E-state index contributed by atoms with van der Waals surface area (Å²) < 4.78 is 13.2. The van der Waals surface area contributed by atoms with Crippen molar-refractivity contribution in [3.05, 3.63) is 71.5 Å². The average molecular weight is 338 g/mol. The van der Waals surface area contributed by atoms with Crippen LogP contribution in [0.1, 0.15) is 17.5 Å². The third-order valence-electron chi connectivity index (χ3n) is 5.51. The Labute approximate surface area is 147 Å². The lowest BCUT2D eigenvalue weighted by Gasteiger charge is -2.52. The maximum absolute atomic E-state index is 13.2. The molecule has 0 unspecified atom stereocenters. The summed E-state index contributed by atoms with van der Waals surface area (Å²) in [6.45, 7) is 3.35. The summed E-state index contributed by atoms with van der Waals surface area (Å²) in [6, 6.07) is 16.9. The van der Waals surface area contributed by atoms with Gasteiger partial charge in [0.1, 0.15) is 5.82 Å². The monoisotopic (exact) mass is 338 g/mol. The van der Waals surface area contributed by atoms with Gasteiger partial charge < -0.3 is 5.32 Å². The Morgan fingerprint density at radius 1 is 1.04 bits per heavy atom. The lowest BCUT2D eigenvalue weighted by molar-refractivity contribution is -0.142. The largest absolute Gasteiger partial charge is 0.352 e. The van der Waals surface area contributed by atoms with Crippen LogP contribution in [-0.2, 0) is 17.9 Å². The fourth-order valence-electron chi connectivity index (χ4n) is 4.34. The van der Waals surface area contributed by atoms with Crippen LogP contribution >= 0.6 is 0 Å². The molecule has 0 radical (unpaired) electrons. The Morgan fingerprint density at radius 3 is 2.48 bits per heavy atom. The van der Waals surface area contributed by atoms with Crippen LogP contribution in [0.4, 0.5) is 4.39 Å². The van der Waals surface area contributed by atoms with E-state index in [1.165, 1.54) is 17.7 Å². The minimum absolute atomic E-state index is 0.126. The predicted molar refractivity (Wildman–Crippen MR) is 95.1 cm³/mol. The lowest BCUT2D eigenvalue weighted by atomic mass is 9.61. The number of hydrogen-bond acceptors (Lipinski definition) is 2. The van der Waals surface area contributed by atoms with E-state index >= 15 is 0 Å². The minimum Gasteiger partial charge on any atom is -0.352 e. The van der Waals surface area contributed by atoms with Crippen LogP contribution in [0.5, 0.6) is 0 Å². The second-order valence-corrected chi connectivity index (χ2v) is 7.31. The first-order chi connectivity index (χ1) is 12.2. The van der Waals surface area contributed by atoms with Gasteiger partial charge in [-0.25, -0.2) is 4.39 Å². The number of fused-ring (bicyclic) bond motifs is 2. The molecule has 2 aromatic rings. The van der Waals surface area contributed by atoms with Gasteiger partial charge in [-0.15, -0.1) is 0 Å². The first-order valence-electron chi connectivity index (χ1n) is 8.97. The zero-order valence-electron chi connectivity index (χ0n) is 14.2. The van der Waals surface area contributed by atoms with E-state index in [1.54, 1.807) is 6.07 Å². The summed E-state index contributed by atoms with van der Waals surface area (Å²) in [4.78, 5) is 15.0. The van der Waals surface area contributed by atoms with Crippen molar-refractivity contribution >= 4 is 5.91 Å². The third-order valence-corrected chi connectivity index (χ3v) is 5.51. The minimum atomic E-state index is -0.260. The van der Waals surface area contributed by atoms with E-state index < -0.39 is 0 Å². The maximum Gasteiger partial charge on any atom is 0.224 e. The van der Waals surface area contributed by atoms with Crippen LogP contribution in [0.2, 0.25) is 0 Å². The van der Waals surface area contributed by atoms with E-state index in [1.807, 2.05) is 12.1 Å². The van der Waals surface area contributed by atoms with E-state index in [4.69, 9.17) is 0 Å². The number of carbonyl (C=O) groups is 1. The van der Waals surface area contributed by atoms with Gasteiger partial charge in [0.15, 0.2) is 0 Å². The van der Waals surface area contributed by atoms with Crippen LogP contribution in [0, 0.1) is 23.6 Å². The molecule has 130 valence electrons. The van der Waals surface area contributed by atoms with Crippen molar-refractivity contribution in [3.8, 4) is 0 Å². The number of carbonyl (C=O) groups excluding carboxylic acids is 1. The summed E-state index contributed by atoms with van der Waals surface area (Å²) in [5.41, 5.74) is 2.14. The van der Waals surface area contributed by atoms with Crippen LogP contribution in [0.25, 0.3) is 0 Å². The highest BCUT2D eigenvalue weighted by Crippen LogP contribution is 2.45. The molecule has 3 aliphatic rings. The molecular weight excluding hydrogens is 315 g/mol. The van der Waals surface area contributed by atoms with Crippen LogP contribution in [0.15, 0.2) is 54.6 Å². The molecule has 1 amide bonds. The third kappa shape index (κ3) is 3.59. The van der Waals surface area contributed by atoms with Crippen molar-refractivity contribution in [2.45, 2.75) is 19.5 Å². The highest BCUT2D eigenvalue weighted by Gasteiger charge is 2.49. The number of piperidine rings is 2. The molecule has 3 fully saturated rings. The van der Waals surface area contributed by atoms with Crippen molar-refractivity contribution in [1.29, 1.82) is 0 Å². The van der Waals surface area contributed by atoms with E-state index in [9.17, 15) is 9.18 Å². The molecule has 1 N–H and O–H groups in total. The number of nitrogens with zero attached hydrogens (tertiary/aromatic N) is 1. The fraction of sp³-hybridized carbons (Fsp3) is 0.381. The van der Waals surface area contributed by atoms with Crippen molar-refractivity contribution in [2.75, 3.05) is 13.1 Å². The lowest BCUT2D eigenvalue weighted by Crippen LogP contribution is -2.59. The van der Waals surface area contributed by atoms with Crippen molar-refractivity contribution < 1.29 is 9.18 Å². The van der Waals surface area contributed by atoms with Crippen molar-refractivity contribution in [1.82, 2.24) is 10.2 Å². The van der Waals surface area contributed by atoms with Gasteiger partial charge in [0.25, 0.3) is 0 Å². The van der Waals surface area contributed by atoms with Crippen LogP contribution in [-0.4, -0.2) is 23.9 Å². The van der Waals surface area contributed by atoms with Gasteiger partial charge in [-0.1, -0.05) is 42.5 Å². The Hall–Kier alpha value is -2.20. The number of hydrogen-bond donors (Lipinski definition) is 1.